The first-order chi connectivity index (χ1) is 6.09. The molecule has 1 rings (SSSR count). The van der Waals surface area contributed by atoms with Gasteiger partial charge in [0.1, 0.15) is 5.78 Å². The highest BCUT2D eigenvalue weighted by molar-refractivity contribution is 5.82. The standard InChI is InChI=1S/C9H16N2O2/c1-6(10)9(13)11-7-2-4-8(12)5-3-7/h6-7H,2-5,10H2,1H3,(H,11,13)/t6-/m0/s1. The first-order valence-electron chi connectivity index (χ1n) is 4.67. The number of carbonyl (C=O) groups is 2. The van der Waals surface area contributed by atoms with E-state index in [0.717, 1.165) is 12.8 Å². The fourth-order valence-corrected chi connectivity index (χ4v) is 1.42. The van der Waals surface area contributed by atoms with Crippen molar-refractivity contribution in [2.75, 3.05) is 0 Å². The van der Waals surface area contributed by atoms with Gasteiger partial charge in [-0.1, -0.05) is 0 Å². The molecule has 1 amide bonds. The Kier molecular flexibility index (Phi) is 3.42. The predicted octanol–water partition coefficient (Wildman–Crippen LogP) is -0.0385. The molecule has 13 heavy (non-hydrogen) atoms. The summed E-state index contributed by atoms with van der Waals surface area (Å²) in [7, 11) is 0. The lowest BCUT2D eigenvalue weighted by Crippen LogP contribution is -2.45. The molecule has 0 aliphatic heterocycles. The predicted molar refractivity (Wildman–Crippen MR) is 49.1 cm³/mol. The second-order valence-electron chi connectivity index (χ2n) is 3.61. The van der Waals surface area contributed by atoms with Gasteiger partial charge in [-0.25, -0.2) is 0 Å². The number of amides is 1. The van der Waals surface area contributed by atoms with Crippen LogP contribution in [0.5, 0.6) is 0 Å². The summed E-state index contributed by atoms with van der Waals surface area (Å²) in [5.41, 5.74) is 5.40. The van der Waals surface area contributed by atoms with Crippen LogP contribution in [0.15, 0.2) is 0 Å². The average molecular weight is 184 g/mol. The normalized spacial score (nSPS) is 21.2. The van der Waals surface area contributed by atoms with Crippen molar-refractivity contribution >= 4 is 11.7 Å². The molecule has 0 spiro atoms. The summed E-state index contributed by atoms with van der Waals surface area (Å²) < 4.78 is 0. The highest BCUT2D eigenvalue weighted by Crippen LogP contribution is 2.14. The van der Waals surface area contributed by atoms with Crippen LogP contribution in [0, 0.1) is 0 Å². The Hall–Kier alpha value is -0.900. The quantitative estimate of drug-likeness (QED) is 0.632. The van der Waals surface area contributed by atoms with Crippen LogP contribution in [-0.2, 0) is 9.59 Å². The van der Waals surface area contributed by atoms with E-state index < -0.39 is 6.04 Å². The fourth-order valence-electron chi connectivity index (χ4n) is 1.42. The zero-order chi connectivity index (χ0) is 9.84. The Morgan fingerprint density at radius 3 is 2.54 bits per heavy atom. The van der Waals surface area contributed by atoms with Crippen molar-refractivity contribution in [3.05, 3.63) is 0 Å². The van der Waals surface area contributed by atoms with E-state index in [2.05, 4.69) is 5.32 Å². The maximum atomic E-state index is 11.2. The number of Topliss-reactive ketones (excluding diaryl/α,β-unsaturated/α-hetero) is 1. The zero-order valence-electron chi connectivity index (χ0n) is 7.88. The SMILES string of the molecule is C[C@H](N)C(=O)NC1CCC(=O)CC1. The number of hydrogen-bond acceptors (Lipinski definition) is 3. The van der Waals surface area contributed by atoms with Crippen molar-refractivity contribution in [1.82, 2.24) is 5.32 Å². The Labute approximate surface area is 77.9 Å². The molecule has 1 saturated carbocycles. The van der Waals surface area contributed by atoms with Gasteiger partial charge in [-0.2, -0.15) is 0 Å². The molecule has 0 aromatic rings. The summed E-state index contributed by atoms with van der Waals surface area (Å²) in [4.78, 5) is 22.1. The van der Waals surface area contributed by atoms with Crippen LogP contribution in [-0.4, -0.2) is 23.8 Å². The Bertz CT molecular complexity index is 204. The summed E-state index contributed by atoms with van der Waals surface area (Å²) in [6.07, 6.45) is 2.70. The third-order valence-electron chi connectivity index (χ3n) is 2.30. The van der Waals surface area contributed by atoms with Crippen molar-refractivity contribution in [2.24, 2.45) is 5.73 Å². The minimum absolute atomic E-state index is 0.126. The zero-order valence-corrected chi connectivity index (χ0v) is 7.88. The van der Waals surface area contributed by atoms with Gasteiger partial charge in [0.05, 0.1) is 6.04 Å². The smallest absolute Gasteiger partial charge is 0.236 e. The minimum atomic E-state index is -0.461. The maximum absolute atomic E-state index is 11.2. The van der Waals surface area contributed by atoms with Crippen LogP contribution in [0.4, 0.5) is 0 Å². The number of nitrogens with two attached hydrogens (primary N) is 1. The van der Waals surface area contributed by atoms with E-state index >= 15 is 0 Å². The van der Waals surface area contributed by atoms with Gasteiger partial charge in [-0.05, 0) is 19.8 Å². The van der Waals surface area contributed by atoms with E-state index in [1.54, 1.807) is 6.92 Å². The second kappa shape index (κ2) is 4.37. The van der Waals surface area contributed by atoms with E-state index in [1.165, 1.54) is 0 Å². The van der Waals surface area contributed by atoms with Gasteiger partial charge in [0.2, 0.25) is 5.91 Å². The van der Waals surface area contributed by atoms with Gasteiger partial charge in [-0.3, -0.25) is 9.59 Å². The highest BCUT2D eigenvalue weighted by atomic mass is 16.2. The summed E-state index contributed by atoms with van der Waals surface area (Å²) in [6.45, 7) is 1.66. The number of ketones is 1. The molecular formula is C9H16N2O2. The van der Waals surface area contributed by atoms with E-state index in [0.29, 0.717) is 18.6 Å². The van der Waals surface area contributed by atoms with E-state index in [9.17, 15) is 9.59 Å². The molecule has 0 aromatic heterocycles. The Balaban J connectivity index is 2.30. The molecule has 4 nitrogen and oxygen atoms in total. The van der Waals surface area contributed by atoms with Crippen LogP contribution in [0.25, 0.3) is 0 Å². The minimum Gasteiger partial charge on any atom is -0.352 e. The average Bonchev–Trinajstić information content (AvgIpc) is 2.08. The van der Waals surface area contributed by atoms with Crippen LogP contribution < -0.4 is 11.1 Å². The van der Waals surface area contributed by atoms with Crippen LogP contribution in [0.1, 0.15) is 32.6 Å². The molecule has 0 saturated heterocycles. The first-order valence-corrected chi connectivity index (χ1v) is 4.67. The second-order valence-corrected chi connectivity index (χ2v) is 3.61. The largest absolute Gasteiger partial charge is 0.352 e. The number of rotatable bonds is 2. The monoisotopic (exact) mass is 184 g/mol. The van der Waals surface area contributed by atoms with Gasteiger partial charge < -0.3 is 11.1 Å². The third-order valence-corrected chi connectivity index (χ3v) is 2.30. The molecule has 1 aliphatic rings. The molecule has 4 heteroatoms. The number of carbonyl (C=O) groups excluding carboxylic acids is 2. The van der Waals surface area contributed by atoms with Crippen LogP contribution in [0.3, 0.4) is 0 Å². The molecule has 0 radical (unpaired) electrons. The van der Waals surface area contributed by atoms with Gasteiger partial charge in [0.25, 0.3) is 0 Å². The molecule has 1 aliphatic carbocycles. The number of nitrogens with one attached hydrogen (secondary N) is 1. The van der Waals surface area contributed by atoms with Gasteiger partial charge in [-0.15, -0.1) is 0 Å². The molecule has 3 N–H and O–H groups in total. The van der Waals surface area contributed by atoms with Crippen molar-refractivity contribution in [1.29, 1.82) is 0 Å². The molecule has 74 valence electrons. The summed E-state index contributed by atoms with van der Waals surface area (Å²) in [6, 6.07) is -0.311. The van der Waals surface area contributed by atoms with Crippen molar-refractivity contribution in [2.45, 2.75) is 44.7 Å². The topological polar surface area (TPSA) is 72.2 Å². The van der Waals surface area contributed by atoms with Gasteiger partial charge in [0, 0.05) is 18.9 Å². The lowest BCUT2D eigenvalue weighted by molar-refractivity contribution is -0.125. The third kappa shape index (κ3) is 3.14. The molecule has 0 aromatic carbocycles. The van der Waals surface area contributed by atoms with E-state index in [-0.39, 0.29) is 11.9 Å². The van der Waals surface area contributed by atoms with Gasteiger partial charge >= 0.3 is 0 Å². The van der Waals surface area contributed by atoms with Crippen molar-refractivity contribution in [3.63, 3.8) is 0 Å². The van der Waals surface area contributed by atoms with Crippen molar-refractivity contribution < 1.29 is 9.59 Å². The molecule has 0 heterocycles. The Morgan fingerprint density at radius 2 is 2.08 bits per heavy atom. The Morgan fingerprint density at radius 1 is 1.54 bits per heavy atom. The lowest BCUT2D eigenvalue weighted by atomic mass is 9.94. The maximum Gasteiger partial charge on any atom is 0.236 e. The van der Waals surface area contributed by atoms with E-state index in [4.69, 9.17) is 5.73 Å². The highest BCUT2D eigenvalue weighted by Gasteiger charge is 2.20. The first kappa shape index (κ1) is 10.2. The van der Waals surface area contributed by atoms with Crippen LogP contribution in [0.2, 0.25) is 0 Å². The molecule has 1 atom stereocenters. The fraction of sp³-hybridized carbons (Fsp3) is 0.778. The van der Waals surface area contributed by atoms with Crippen molar-refractivity contribution in [3.8, 4) is 0 Å². The summed E-state index contributed by atoms with van der Waals surface area (Å²) in [5.74, 6) is 0.172. The molecule has 1 fully saturated rings. The lowest BCUT2D eigenvalue weighted by Gasteiger charge is -2.22. The van der Waals surface area contributed by atoms with Gasteiger partial charge in [0.15, 0.2) is 0 Å². The molecule has 0 unspecified atom stereocenters. The molecule has 0 bridgehead atoms. The van der Waals surface area contributed by atoms with E-state index in [1.807, 2.05) is 0 Å². The number of hydrogen-bond donors (Lipinski definition) is 2. The summed E-state index contributed by atoms with van der Waals surface area (Å²) in [5, 5.41) is 2.82. The summed E-state index contributed by atoms with van der Waals surface area (Å²) >= 11 is 0. The molecular weight excluding hydrogens is 168 g/mol. The van der Waals surface area contributed by atoms with Crippen LogP contribution >= 0.6 is 0 Å².